The number of amides is 1. The van der Waals surface area contributed by atoms with Crippen LogP contribution in [0.4, 0.5) is 0 Å². The van der Waals surface area contributed by atoms with E-state index in [4.69, 9.17) is 4.74 Å². The Balaban J connectivity index is 1.51. The van der Waals surface area contributed by atoms with E-state index in [2.05, 4.69) is 22.4 Å². The zero-order valence-electron chi connectivity index (χ0n) is 12.0. The fourth-order valence-corrected chi connectivity index (χ4v) is 2.54. The molecule has 0 aliphatic heterocycles. The van der Waals surface area contributed by atoms with Gasteiger partial charge in [0.05, 0.1) is 7.11 Å². The molecule has 1 fully saturated rings. The van der Waals surface area contributed by atoms with Crippen LogP contribution in [0, 0.1) is 5.92 Å². The van der Waals surface area contributed by atoms with Crippen LogP contribution < -0.4 is 10.1 Å². The van der Waals surface area contributed by atoms with E-state index in [0.29, 0.717) is 24.1 Å². The fraction of sp³-hybridized carbons (Fsp3) is 0.294. The molecule has 1 saturated carbocycles. The van der Waals surface area contributed by atoms with Crippen LogP contribution in [0.25, 0.3) is 0 Å². The molecule has 2 atom stereocenters. The average molecular weight is 282 g/mol. The lowest BCUT2D eigenvalue weighted by atomic mass is 10.1. The second kappa shape index (κ2) is 5.95. The van der Waals surface area contributed by atoms with Crippen LogP contribution in [-0.4, -0.2) is 24.5 Å². The molecule has 0 radical (unpaired) electrons. The predicted octanol–water partition coefficient (Wildman–Crippen LogP) is 2.62. The summed E-state index contributed by atoms with van der Waals surface area (Å²) < 4.78 is 5.16. The van der Waals surface area contributed by atoms with E-state index >= 15 is 0 Å². The van der Waals surface area contributed by atoms with Gasteiger partial charge in [0.1, 0.15) is 11.4 Å². The van der Waals surface area contributed by atoms with Crippen LogP contribution in [0.2, 0.25) is 0 Å². The monoisotopic (exact) mass is 282 g/mol. The number of nitrogens with one attached hydrogen (secondary N) is 1. The summed E-state index contributed by atoms with van der Waals surface area (Å²) in [6.45, 7) is 0.700. The van der Waals surface area contributed by atoms with Gasteiger partial charge in [-0.3, -0.25) is 9.78 Å². The highest BCUT2D eigenvalue weighted by molar-refractivity contribution is 5.92. The van der Waals surface area contributed by atoms with Crippen LogP contribution >= 0.6 is 0 Å². The molecule has 1 aliphatic rings. The second-order valence-electron chi connectivity index (χ2n) is 5.30. The Morgan fingerprint density at radius 3 is 2.76 bits per heavy atom. The van der Waals surface area contributed by atoms with Crippen molar-refractivity contribution >= 4 is 5.91 Å². The van der Waals surface area contributed by atoms with Gasteiger partial charge < -0.3 is 10.1 Å². The van der Waals surface area contributed by atoms with Gasteiger partial charge in [-0.2, -0.15) is 0 Å². The number of rotatable bonds is 5. The molecule has 1 amide bonds. The highest BCUT2D eigenvalue weighted by Gasteiger charge is 2.38. The number of pyridine rings is 1. The molecule has 0 saturated heterocycles. The Morgan fingerprint density at radius 2 is 2.10 bits per heavy atom. The van der Waals surface area contributed by atoms with E-state index < -0.39 is 0 Å². The molecule has 4 nitrogen and oxygen atoms in total. The largest absolute Gasteiger partial charge is 0.497 e. The van der Waals surface area contributed by atoms with Crippen molar-refractivity contribution in [2.45, 2.75) is 12.3 Å². The topological polar surface area (TPSA) is 51.2 Å². The lowest BCUT2D eigenvalue weighted by Crippen LogP contribution is -2.26. The molecule has 1 N–H and O–H groups in total. The molecule has 21 heavy (non-hydrogen) atoms. The van der Waals surface area contributed by atoms with E-state index in [-0.39, 0.29) is 5.91 Å². The molecule has 2 aromatic rings. The molecule has 0 bridgehead atoms. The zero-order chi connectivity index (χ0) is 14.7. The van der Waals surface area contributed by atoms with Crippen molar-refractivity contribution in [3.8, 4) is 5.75 Å². The number of ether oxygens (including phenoxy) is 1. The Morgan fingerprint density at radius 1 is 1.29 bits per heavy atom. The molecule has 0 unspecified atom stereocenters. The van der Waals surface area contributed by atoms with Gasteiger partial charge in [0, 0.05) is 12.7 Å². The molecular weight excluding hydrogens is 264 g/mol. The molecule has 0 spiro atoms. The third kappa shape index (κ3) is 3.21. The summed E-state index contributed by atoms with van der Waals surface area (Å²) in [7, 11) is 1.67. The first-order valence-electron chi connectivity index (χ1n) is 7.11. The highest BCUT2D eigenvalue weighted by Crippen LogP contribution is 2.47. The minimum atomic E-state index is -0.101. The van der Waals surface area contributed by atoms with Crippen molar-refractivity contribution in [1.29, 1.82) is 0 Å². The lowest BCUT2D eigenvalue weighted by Gasteiger charge is -2.05. The van der Waals surface area contributed by atoms with Gasteiger partial charge in [-0.1, -0.05) is 18.2 Å². The number of aromatic nitrogens is 1. The van der Waals surface area contributed by atoms with Gasteiger partial charge in [0.15, 0.2) is 0 Å². The van der Waals surface area contributed by atoms with Crippen molar-refractivity contribution in [2.75, 3.05) is 13.7 Å². The van der Waals surface area contributed by atoms with Gasteiger partial charge in [-0.15, -0.1) is 0 Å². The fourth-order valence-electron chi connectivity index (χ4n) is 2.54. The van der Waals surface area contributed by atoms with Gasteiger partial charge in [0.2, 0.25) is 0 Å². The second-order valence-corrected chi connectivity index (χ2v) is 5.30. The maximum Gasteiger partial charge on any atom is 0.269 e. The van der Waals surface area contributed by atoms with E-state index in [0.717, 1.165) is 12.2 Å². The molecular formula is C17H18N2O2. The third-order valence-electron chi connectivity index (χ3n) is 3.89. The van der Waals surface area contributed by atoms with Crippen molar-refractivity contribution in [3.05, 3.63) is 59.9 Å². The number of carbonyl (C=O) groups is 1. The van der Waals surface area contributed by atoms with E-state index in [1.165, 1.54) is 5.56 Å². The van der Waals surface area contributed by atoms with Gasteiger partial charge in [-0.05, 0) is 48.1 Å². The van der Waals surface area contributed by atoms with Crippen LogP contribution in [0.15, 0.2) is 48.7 Å². The molecule has 1 aromatic carbocycles. The van der Waals surface area contributed by atoms with Gasteiger partial charge in [0.25, 0.3) is 5.91 Å². The minimum absolute atomic E-state index is 0.101. The van der Waals surface area contributed by atoms with Crippen molar-refractivity contribution in [3.63, 3.8) is 0 Å². The maximum absolute atomic E-state index is 11.9. The lowest BCUT2D eigenvalue weighted by molar-refractivity contribution is 0.0946. The Hall–Kier alpha value is -2.36. The number of carbonyl (C=O) groups excluding carboxylic acids is 1. The summed E-state index contributed by atoms with van der Waals surface area (Å²) in [6, 6.07) is 13.5. The summed E-state index contributed by atoms with van der Waals surface area (Å²) in [4.78, 5) is 16.0. The van der Waals surface area contributed by atoms with Crippen LogP contribution in [0.5, 0.6) is 5.75 Å². The summed E-state index contributed by atoms with van der Waals surface area (Å²) >= 11 is 0. The normalized spacial score (nSPS) is 19.9. The molecule has 1 aromatic heterocycles. The smallest absolute Gasteiger partial charge is 0.269 e. The Labute approximate surface area is 124 Å². The van der Waals surface area contributed by atoms with Crippen molar-refractivity contribution in [1.82, 2.24) is 10.3 Å². The summed E-state index contributed by atoms with van der Waals surface area (Å²) in [5.74, 6) is 1.83. The van der Waals surface area contributed by atoms with Gasteiger partial charge >= 0.3 is 0 Å². The van der Waals surface area contributed by atoms with Crippen LogP contribution in [0.1, 0.15) is 28.4 Å². The minimum Gasteiger partial charge on any atom is -0.497 e. The molecule has 1 heterocycles. The summed E-state index contributed by atoms with van der Waals surface area (Å²) in [5.41, 5.74) is 1.78. The average Bonchev–Trinajstić information content (AvgIpc) is 3.33. The highest BCUT2D eigenvalue weighted by atomic mass is 16.5. The SMILES string of the molecule is COc1ccc([C@H]2C[C@H]2CNC(=O)c2ccccn2)cc1. The molecule has 108 valence electrons. The Bertz CT molecular complexity index is 610. The van der Waals surface area contributed by atoms with Crippen LogP contribution in [0.3, 0.4) is 0 Å². The van der Waals surface area contributed by atoms with E-state index in [1.54, 1.807) is 25.4 Å². The molecule has 3 rings (SSSR count). The quantitative estimate of drug-likeness (QED) is 0.917. The third-order valence-corrected chi connectivity index (χ3v) is 3.89. The summed E-state index contributed by atoms with van der Waals surface area (Å²) in [5, 5.41) is 2.96. The number of hydrogen-bond donors (Lipinski definition) is 1. The zero-order valence-corrected chi connectivity index (χ0v) is 12.0. The van der Waals surface area contributed by atoms with Crippen LogP contribution in [-0.2, 0) is 0 Å². The van der Waals surface area contributed by atoms with Gasteiger partial charge in [-0.25, -0.2) is 0 Å². The predicted molar refractivity (Wildman–Crippen MR) is 80.4 cm³/mol. The molecule has 4 heteroatoms. The van der Waals surface area contributed by atoms with Crippen molar-refractivity contribution in [2.24, 2.45) is 5.92 Å². The van der Waals surface area contributed by atoms with Crippen molar-refractivity contribution < 1.29 is 9.53 Å². The number of benzene rings is 1. The van der Waals surface area contributed by atoms with E-state index in [9.17, 15) is 4.79 Å². The van der Waals surface area contributed by atoms with E-state index in [1.807, 2.05) is 18.2 Å². The standard InChI is InChI=1S/C17H18N2O2/c1-21-14-7-5-12(6-8-14)15-10-13(15)11-19-17(20)16-4-2-3-9-18-16/h2-9,13,15H,10-11H2,1H3,(H,19,20)/t13-,15+/m0/s1. The first-order chi connectivity index (χ1) is 10.3. The number of nitrogens with zero attached hydrogens (tertiary/aromatic N) is 1. The number of methoxy groups -OCH3 is 1. The first kappa shape index (κ1) is 13.6. The first-order valence-corrected chi connectivity index (χ1v) is 7.11. The maximum atomic E-state index is 11.9. The summed E-state index contributed by atoms with van der Waals surface area (Å²) in [6.07, 6.45) is 2.75. The number of hydrogen-bond acceptors (Lipinski definition) is 3. The Kier molecular flexibility index (Phi) is 3.86. The molecule has 1 aliphatic carbocycles.